The lowest BCUT2D eigenvalue weighted by atomic mass is 10.0. The molecule has 0 aliphatic carbocycles. The van der Waals surface area contributed by atoms with Crippen LogP contribution in [0.15, 0.2) is 0 Å². The molecule has 2 atom stereocenters. The standard InChI is InChI=1S/C9H14O4S/c1-6(9(11)12-2)8(10)7-5-14-4-3-13-7/h6-7H,3-5H2,1-2H3. The van der Waals surface area contributed by atoms with Crippen LogP contribution in [0, 0.1) is 5.92 Å². The number of ether oxygens (including phenoxy) is 2. The number of ketones is 1. The van der Waals surface area contributed by atoms with Gasteiger partial charge in [0, 0.05) is 11.5 Å². The molecule has 1 aliphatic rings. The summed E-state index contributed by atoms with van der Waals surface area (Å²) in [5, 5.41) is 0. The SMILES string of the molecule is COC(=O)C(C)C(=O)C1CSCCO1. The summed E-state index contributed by atoms with van der Waals surface area (Å²) < 4.78 is 9.78. The highest BCUT2D eigenvalue weighted by atomic mass is 32.2. The lowest BCUT2D eigenvalue weighted by Crippen LogP contribution is -2.38. The Bertz CT molecular complexity index is 223. The molecule has 1 saturated heterocycles. The fourth-order valence-electron chi connectivity index (χ4n) is 1.22. The minimum Gasteiger partial charge on any atom is -0.468 e. The van der Waals surface area contributed by atoms with E-state index < -0.39 is 18.0 Å². The third kappa shape index (κ3) is 2.72. The largest absolute Gasteiger partial charge is 0.468 e. The first-order chi connectivity index (χ1) is 6.66. The van der Waals surface area contributed by atoms with Gasteiger partial charge in [0.05, 0.1) is 13.7 Å². The first-order valence-corrected chi connectivity index (χ1v) is 5.63. The molecule has 4 nitrogen and oxygen atoms in total. The van der Waals surface area contributed by atoms with Crippen molar-refractivity contribution in [1.82, 2.24) is 0 Å². The van der Waals surface area contributed by atoms with Gasteiger partial charge >= 0.3 is 5.97 Å². The van der Waals surface area contributed by atoms with Crippen molar-refractivity contribution in [2.75, 3.05) is 25.2 Å². The first-order valence-electron chi connectivity index (χ1n) is 4.47. The average molecular weight is 218 g/mol. The van der Waals surface area contributed by atoms with Crippen LogP contribution < -0.4 is 0 Å². The van der Waals surface area contributed by atoms with Crippen molar-refractivity contribution in [1.29, 1.82) is 0 Å². The maximum absolute atomic E-state index is 11.7. The second kappa shape index (κ2) is 5.36. The first kappa shape index (κ1) is 11.5. The van der Waals surface area contributed by atoms with Gasteiger partial charge in [-0.05, 0) is 6.92 Å². The number of hydrogen-bond acceptors (Lipinski definition) is 5. The Morgan fingerprint density at radius 3 is 2.79 bits per heavy atom. The molecule has 0 spiro atoms. The number of hydrogen-bond donors (Lipinski definition) is 0. The van der Waals surface area contributed by atoms with Crippen molar-refractivity contribution in [3.05, 3.63) is 0 Å². The van der Waals surface area contributed by atoms with E-state index in [2.05, 4.69) is 4.74 Å². The van der Waals surface area contributed by atoms with Crippen LogP contribution in [-0.2, 0) is 19.1 Å². The van der Waals surface area contributed by atoms with E-state index in [-0.39, 0.29) is 5.78 Å². The van der Waals surface area contributed by atoms with Crippen molar-refractivity contribution < 1.29 is 19.1 Å². The predicted molar refractivity (Wildman–Crippen MR) is 53.3 cm³/mol. The molecular weight excluding hydrogens is 204 g/mol. The van der Waals surface area contributed by atoms with Crippen molar-refractivity contribution in [2.45, 2.75) is 13.0 Å². The Labute approximate surface area is 87.3 Å². The van der Waals surface area contributed by atoms with Crippen molar-refractivity contribution in [2.24, 2.45) is 5.92 Å². The van der Waals surface area contributed by atoms with E-state index in [0.717, 1.165) is 5.75 Å². The Hall–Kier alpha value is -0.550. The number of Topliss-reactive ketones (excluding diaryl/α,β-unsaturated/α-hetero) is 1. The summed E-state index contributed by atoms with van der Waals surface area (Å²) >= 11 is 1.67. The van der Waals surface area contributed by atoms with E-state index in [9.17, 15) is 9.59 Å². The number of carbonyl (C=O) groups is 2. The number of rotatable bonds is 3. The molecule has 80 valence electrons. The molecule has 0 bridgehead atoms. The van der Waals surface area contributed by atoms with Crippen LogP contribution in [0.1, 0.15) is 6.92 Å². The maximum Gasteiger partial charge on any atom is 0.316 e. The minimum absolute atomic E-state index is 0.177. The van der Waals surface area contributed by atoms with Crippen LogP contribution >= 0.6 is 11.8 Å². The molecule has 1 heterocycles. The van der Waals surface area contributed by atoms with Crippen molar-refractivity contribution >= 4 is 23.5 Å². The van der Waals surface area contributed by atoms with Gasteiger partial charge in [-0.1, -0.05) is 0 Å². The highest BCUT2D eigenvalue weighted by Crippen LogP contribution is 2.16. The summed E-state index contributed by atoms with van der Waals surface area (Å²) in [5.74, 6) is 0.165. The molecule has 1 rings (SSSR count). The van der Waals surface area contributed by atoms with E-state index in [4.69, 9.17) is 4.74 Å². The average Bonchev–Trinajstić information content (AvgIpc) is 2.27. The topological polar surface area (TPSA) is 52.6 Å². The number of methoxy groups -OCH3 is 1. The lowest BCUT2D eigenvalue weighted by molar-refractivity contribution is -0.151. The molecule has 1 fully saturated rings. The molecule has 1 aliphatic heterocycles. The zero-order valence-corrected chi connectivity index (χ0v) is 9.13. The highest BCUT2D eigenvalue weighted by Gasteiger charge is 2.31. The van der Waals surface area contributed by atoms with Gasteiger partial charge < -0.3 is 9.47 Å². The Morgan fingerprint density at radius 2 is 2.29 bits per heavy atom. The molecule has 5 heteroatoms. The van der Waals surface area contributed by atoms with Gasteiger partial charge in [0.2, 0.25) is 0 Å². The van der Waals surface area contributed by atoms with E-state index in [1.807, 2.05) is 0 Å². The molecule has 0 radical (unpaired) electrons. The zero-order valence-electron chi connectivity index (χ0n) is 8.32. The van der Waals surface area contributed by atoms with E-state index in [1.165, 1.54) is 7.11 Å². The van der Waals surface area contributed by atoms with Crippen LogP contribution in [0.4, 0.5) is 0 Å². The molecule has 0 saturated carbocycles. The summed E-state index contributed by atoms with van der Waals surface area (Å²) in [7, 11) is 1.28. The molecular formula is C9H14O4S. The summed E-state index contributed by atoms with van der Waals surface area (Å²) in [4.78, 5) is 22.7. The molecule has 0 aromatic rings. The quantitative estimate of drug-likeness (QED) is 0.510. The van der Waals surface area contributed by atoms with Crippen LogP contribution in [0.5, 0.6) is 0 Å². The molecule has 2 unspecified atom stereocenters. The van der Waals surface area contributed by atoms with E-state index >= 15 is 0 Å². The van der Waals surface area contributed by atoms with Crippen LogP contribution in [0.2, 0.25) is 0 Å². The predicted octanol–water partition coefficient (Wildman–Crippen LogP) is 0.497. The fourth-order valence-corrected chi connectivity index (χ4v) is 2.08. The number of thioether (sulfide) groups is 1. The van der Waals surface area contributed by atoms with Crippen LogP contribution in [-0.4, -0.2) is 43.1 Å². The fraction of sp³-hybridized carbons (Fsp3) is 0.778. The number of esters is 1. The lowest BCUT2D eigenvalue weighted by Gasteiger charge is -2.22. The van der Waals surface area contributed by atoms with Gasteiger partial charge in [0.25, 0.3) is 0 Å². The normalized spacial score (nSPS) is 24.0. The zero-order chi connectivity index (χ0) is 10.6. The summed E-state index contributed by atoms with van der Waals surface area (Å²) in [6.45, 7) is 2.13. The Balaban J connectivity index is 2.50. The van der Waals surface area contributed by atoms with Gasteiger partial charge in [-0.3, -0.25) is 9.59 Å². The summed E-state index contributed by atoms with van der Waals surface area (Å²) in [5.41, 5.74) is 0. The van der Waals surface area contributed by atoms with Crippen LogP contribution in [0.25, 0.3) is 0 Å². The third-order valence-electron chi connectivity index (χ3n) is 2.11. The van der Waals surface area contributed by atoms with Gasteiger partial charge in [-0.15, -0.1) is 0 Å². The van der Waals surface area contributed by atoms with Crippen LogP contribution in [0.3, 0.4) is 0 Å². The maximum atomic E-state index is 11.7. The highest BCUT2D eigenvalue weighted by molar-refractivity contribution is 7.99. The molecule has 0 N–H and O–H groups in total. The molecule has 0 aromatic heterocycles. The van der Waals surface area contributed by atoms with Crippen molar-refractivity contribution in [3.63, 3.8) is 0 Å². The molecule has 0 amide bonds. The smallest absolute Gasteiger partial charge is 0.316 e. The van der Waals surface area contributed by atoms with E-state index in [1.54, 1.807) is 18.7 Å². The monoisotopic (exact) mass is 218 g/mol. The molecule has 14 heavy (non-hydrogen) atoms. The molecule has 0 aromatic carbocycles. The third-order valence-corrected chi connectivity index (χ3v) is 3.11. The van der Waals surface area contributed by atoms with Gasteiger partial charge in [0.1, 0.15) is 12.0 Å². The van der Waals surface area contributed by atoms with E-state index in [0.29, 0.717) is 12.4 Å². The van der Waals surface area contributed by atoms with Gasteiger partial charge in [-0.2, -0.15) is 11.8 Å². The van der Waals surface area contributed by atoms with Gasteiger partial charge in [0.15, 0.2) is 5.78 Å². The second-order valence-electron chi connectivity index (χ2n) is 3.08. The Kier molecular flexibility index (Phi) is 4.41. The van der Waals surface area contributed by atoms with Crippen molar-refractivity contribution in [3.8, 4) is 0 Å². The number of carbonyl (C=O) groups excluding carboxylic acids is 2. The minimum atomic E-state index is -0.719. The summed E-state index contributed by atoms with van der Waals surface area (Å²) in [6.07, 6.45) is -0.442. The summed E-state index contributed by atoms with van der Waals surface area (Å²) in [6, 6.07) is 0. The Morgan fingerprint density at radius 1 is 1.57 bits per heavy atom. The van der Waals surface area contributed by atoms with Gasteiger partial charge in [-0.25, -0.2) is 0 Å². The second-order valence-corrected chi connectivity index (χ2v) is 4.23.